The number of hydrogen-bond donors (Lipinski definition) is 2. The van der Waals surface area contributed by atoms with Gasteiger partial charge in [-0.05, 0) is 30.3 Å². The Morgan fingerprint density at radius 3 is 2.44 bits per heavy atom. The predicted molar refractivity (Wildman–Crippen MR) is 102 cm³/mol. The number of nitrogens with zero attached hydrogens (tertiary/aromatic N) is 1. The van der Waals surface area contributed by atoms with Crippen molar-refractivity contribution in [3.8, 4) is 5.75 Å². The van der Waals surface area contributed by atoms with Gasteiger partial charge in [-0.2, -0.15) is 0 Å². The molecule has 134 valence electrons. The van der Waals surface area contributed by atoms with E-state index in [1.807, 2.05) is 48.5 Å². The minimum absolute atomic E-state index is 0.323. The van der Waals surface area contributed by atoms with Crippen molar-refractivity contribution < 1.29 is 14.7 Å². The number of piperazine rings is 1. The lowest BCUT2D eigenvalue weighted by Gasteiger charge is -2.34. The van der Waals surface area contributed by atoms with Crippen molar-refractivity contribution in [1.82, 2.24) is 0 Å². The van der Waals surface area contributed by atoms with Crippen LogP contribution in [0.25, 0.3) is 0 Å². The molecule has 0 amide bonds. The summed E-state index contributed by atoms with van der Waals surface area (Å²) in [6, 6.07) is 15.3. The van der Waals surface area contributed by atoms with E-state index in [9.17, 15) is 5.11 Å². The van der Waals surface area contributed by atoms with E-state index in [0.717, 1.165) is 37.6 Å². The lowest BCUT2D eigenvalue weighted by molar-refractivity contribution is -0.903. The van der Waals surface area contributed by atoms with Crippen molar-refractivity contribution in [3.63, 3.8) is 0 Å². The van der Waals surface area contributed by atoms with Crippen molar-refractivity contribution >= 4 is 28.9 Å². The monoisotopic (exact) mass is 381 g/mol. The molecule has 25 heavy (non-hydrogen) atoms. The van der Waals surface area contributed by atoms with Gasteiger partial charge in [-0.3, -0.25) is 0 Å². The van der Waals surface area contributed by atoms with Gasteiger partial charge >= 0.3 is 0 Å². The zero-order chi connectivity index (χ0) is 17.6. The maximum absolute atomic E-state index is 10.2. The van der Waals surface area contributed by atoms with Gasteiger partial charge in [0.1, 0.15) is 25.0 Å². The molecule has 4 nitrogen and oxygen atoms in total. The molecule has 1 saturated heterocycles. The summed E-state index contributed by atoms with van der Waals surface area (Å²) in [5.74, 6) is 0.793. The molecule has 0 spiro atoms. The van der Waals surface area contributed by atoms with Crippen LogP contribution in [0.4, 0.5) is 5.69 Å². The lowest BCUT2D eigenvalue weighted by atomic mass is 10.2. The predicted octanol–water partition coefficient (Wildman–Crippen LogP) is 2.14. The largest absolute Gasteiger partial charge is 0.491 e. The normalized spacial score (nSPS) is 16.7. The number of halogens is 2. The maximum atomic E-state index is 10.2. The van der Waals surface area contributed by atoms with Crippen LogP contribution in [0.5, 0.6) is 5.75 Å². The first-order chi connectivity index (χ1) is 12.1. The van der Waals surface area contributed by atoms with E-state index < -0.39 is 6.10 Å². The molecular weight excluding hydrogens is 359 g/mol. The molecule has 2 aromatic carbocycles. The Bertz CT molecular complexity index is 676. The molecule has 0 unspecified atom stereocenters. The van der Waals surface area contributed by atoms with Crippen LogP contribution in [0.1, 0.15) is 0 Å². The van der Waals surface area contributed by atoms with Gasteiger partial charge in [0, 0.05) is 5.69 Å². The van der Waals surface area contributed by atoms with E-state index in [2.05, 4.69) is 4.90 Å². The first kappa shape index (κ1) is 18.3. The summed E-state index contributed by atoms with van der Waals surface area (Å²) < 4.78 is 5.62. The fourth-order valence-electron chi connectivity index (χ4n) is 3.07. The molecule has 2 N–H and O–H groups in total. The standard InChI is InChI=1S/C19H22Cl2N2O2/c20-18-7-6-15(12-19(18)21)23-10-8-22(9-11-23)13-16(24)14-25-17-4-2-1-3-5-17/h1-7,12,16,24H,8-11,13-14H2/p+1/t16-/m1/s1. The molecule has 1 aliphatic heterocycles. The third-order valence-corrected chi connectivity index (χ3v) is 5.19. The van der Waals surface area contributed by atoms with Crippen LogP contribution in [-0.4, -0.2) is 50.5 Å². The summed E-state index contributed by atoms with van der Waals surface area (Å²) in [5.41, 5.74) is 1.10. The van der Waals surface area contributed by atoms with Gasteiger partial charge in [0.25, 0.3) is 0 Å². The highest BCUT2D eigenvalue weighted by Crippen LogP contribution is 2.27. The van der Waals surface area contributed by atoms with Gasteiger partial charge in [0.05, 0.1) is 36.2 Å². The molecule has 0 saturated carbocycles. The van der Waals surface area contributed by atoms with Crippen molar-refractivity contribution in [2.24, 2.45) is 0 Å². The number of benzene rings is 2. The number of anilines is 1. The van der Waals surface area contributed by atoms with Crippen molar-refractivity contribution in [3.05, 3.63) is 58.6 Å². The fraction of sp³-hybridized carbons (Fsp3) is 0.368. The first-order valence-corrected chi connectivity index (χ1v) is 9.27. The quantitative estimate of drug-likeness (QED) is 0.804. The number of nitrogens with one attached hydrogen (secondary N) is 1. The summed E-state index contributed by atoms with van der Waals surface area (Å²) in [7, 11) is 0. The number of ether oxygens (including phenoxy) is 1. The van der Waals surface area contributed by atoms with Crippen molar-refractivity contribution in [1.29, 1.82) is 0 Å². The zero-order valence-corrected chi connectivity index (χ0v) is 15.5. The minimum atomic E-state index is -0.466. The highest BCUT2D eigenvalue weighted by atomic mass is 35.5. The van der Waals surface area contributed by atoms with E-state index >= 15 is 0 Å². The minimum Gasteiger partial charge on any atom is -0.491 e. The lowest BCUT2D eigenvalue weighted by Crippen LogP contribution is -3.16. The Morgan fingerprint density at radius 2 is 1.76 bits per heavy atom. The third kappa shape index (κ3) is 5.25. The van der Waals surface area contributed by atoms with E-state index in [4.69, 9.17) is 27.9 Å². The second-order valence-electron chi connectivity index (χ2n) is 6.32. The average Bonchev–Trinajstić information content (AvgIpc) is 2.64. The van der Waals surface area contributed by atoms with Crippen molar-refractivity contribution in [2.45, 2.75) is 6.10 Å². The Kier molecular flexibility index (Phi) is 6.43. The molecule has 0 bridgehead atoms. The molecular formula is C19H23Cl2N2O2+. The van der Waals surface area contributed by atoms with Crippen LogP contribution in [0.15, 0.2) is 48.5 Å². The smallest absolute Gasteiger partial charge is 0.137 e. The van der Waals surface area contributed by atoms with E-state index in [-0.39, 0.29) is 0 Å². The summed E-state index contributed by atoms with van der Waals surface area (Å²) in [6.45, 7) is 4.83. The number of aliphatic hydroxyl groups is 1. The number of rotatable bonds is 6. The van der Waals surface area contributed by atoms with Crippen LogP contribution in [0.3, 0.4) is 0 Å². The molecule has 3 rings (SSSR count). The fourth-order valence-corrected chi connectivity index (χ4v) is 3.36. The van der Waals surface area contributed by atoms with Gasteiger partial charge in [-0.25, -0.2) is 0 Å². The molecule has 0 aliphatic carbocycles. The Morgan fingerprint density at radius 1 is 1.04 bits per heavy atom. The summed E-state index contributed by atoms with van der Waals surface area (Å²) in [4.78, 5) is 3.69. The highest BCUT2D eigenvalue weighted by molar-refractivity contribution is 6.42. The molecule has 1 atom stereocenters. The first-order valence-electron chi connectivity index (χ1n) is 8.51. The van der Waals surface area contributed by atoms with Crippen LogP contribution < -0.4 is 14.5 Å². The second-order valence-corrected chi connectivity index (χ2v) is 7.13. The second kappa shape index (κ2) is 8.77. The zero-order valence-electron chi connectivity index (χ0n) is 14.0. The van der Waals surface area contributed by atoms with Gasteiger partial charge in [-0.15, -0.1) is 0 Å². The number of quaternary nitrogens is 1. The average molecular weight is 382 g/mol. The van der Waals surface area contributed by atoms with E-state index in [1.54, 1.807) is 0 Å². The van der Waals surface area contributed by atoms with Gasteiger partial charge in [-0.1, -0.05) is 41.4 Å². The highest BCUT2D eigenvalue weighted by Gasteiger charge is 2.23. The molecule has 1 aliphatic rings. The molecule has 0 aromatic heterocycles. The van der Waals surface area contributed by atoms with E-state index in [1.165, 1.54) is 4.90 Å². The van der Waals surface area contributed by atoms with Gasteiger partial charge < -0.3 is 19.6 Å². The Balaban J connectivity index is 1.43. The molecule has 0 radical (unpaired) electrons. The summed E-state index contributed by atoms with van der Waals surface area (Å²) in [5, 5.41) is 11.4. The van der Waals surface area contributed by atoms with Crippen LogP contribution >= 0.6 is 23.2 Å². The maximum Gasteiger partial charge on any atom is 0.137 e. The van der Waals surface area contributed by atoms with E-state index in [0.29, 0.717) is 23.2 Å². The van der Waals surface area contributed by atoms with Gasteiger partial charge in [0.2, 0.25) is 0 Å². The number of aliphatic hydroxyl groups excluding tert-OH is 1. The Labute approximate surface area is 158 Å². The van der Waals surface area contributed by atoms with Crippen LogP contribution in [0.2, 0.25) is 10.0 Å². The summed E-state index contributed by atoms with van der Waals surface area (Å²) in [6.07, 6.45) is -0.466. The Hall–Kier alpha value is -1.46. The molecule has 6 heteroatoms. The molecule has 2 aromatic rings. The molecule has 1 fully saturated rings. The topological polar surface area (TPSA) is 37.1 Å². The number of hydrogen-bond acceptors (Lipinski definition) is 3. The third-order valence-electron chi connectivity index (χ3n) is 4.45. The molecule has 1 heterocycles. The summed E-state index contributed by atoms with van der Waals surface area (Å²) >= 11 is 12.1. The van der Waals surface area contributed by atoms with Crippen LogP contribution in [0, 0.1) is 0 Å². The SMILES string of the molecule is O[C@@H](COc1ccccc1)C[NH+]1CCN(c2ccc(Cl)c(Cl)c2)CC1. The van der Waals surface area contributed by atoms with Gasteiger partial charge in [0.15, 0.2) is 0 Å². The van der Waals surface area contributed by atoms with Crippen molar-refractivity contribution in [2.75, 3.05) is 44.2 Å². The number of para-hydroxylation sites is 1. The van der Waals surface area contributed by atoms with Crippen LogP contribution in [-0.2, 0) is 0 Å².